The number of amides is 2. The Kier molecular flexibility index (Phi) is 5.76. The minimum Gasteiger partial charge on any atom is -0.371 e. The predicted molar refractivity (Wildman–Crippen MR) is 113 cm³/mol. The highest BCUT2D eigenvalue weighted by molar-refractivity contribution is 5.92. The maximum Gasteiger partial charge on any atom is 0.321 e. The first-order valence-electron chi connectivity index (χ1n) is 10.3. The van der Waals surface area contributed by atoms with Crippen molar-refractivity contribution < 1.29 is 4.79 Å². The molecule has 2 N–H and O–H groups in total. The zero-order valence-corrected chi connectivity index (χ0v) is 16.5. The van der Waals surface area contributed by atoms with Crippen molar-refractivity contribution in [3.05, 3.63) is 54.4 Å². The SMILES string of the molecule is CC(NC1CCN(c2ccncc2)CC1)c1ccc(N2CCCNC2=O)cc1. The summed E-state index contributed by atoms with van der Waals surface area (Å²) >= 11 is 0. The summed E-state index contributed by atoms with van der Waals surface area (Å²) in [5.41, 5.74) is 3.50. The van der Waals surface area contributed by atoms with Gasteiger partial charge in [0.15, 0.2) is 0 Å². The van der Waals surface area contributed by atoms with Gasteiger partial charge in [0.05, 0.1) is 0 Å². The van der Waals surface area contributed by atoms with Crippen molar-refractivity contribution in [2.45, 2.75) is 38.3 Å². The second-order valence-electron chi connectivity index (χ2n) is 7.68. The number of piperidine rings is 1. The van der Waals surface area contributed by atoms with Gasteiger partial charge in [-0.1, -0.05) is 12.1 Å². The number of aromatic nitrogens is 1. The highest BCUT2D eigenvalue weighted by Crippen LogP contribution is 2.24. The van der Waals surface area contributed by atoms with Gasteiger partial charge in [-0.3, -0.25) is 9.88 Å². The lowest BCUT2D eigenvalue weighted by Gasteiger charge is -2.35. The minimum atomic E-state index is 0.00568. The number of hydrogen-bond acceptors (Lipinski definition) is 4. The van der Waals surface area contributed by atoms with Gasteiger partial charge in [0.25, 0.3) is 0 Å². The van der Waals surface area contributed by atoms with E-state index >= 15 is 0 Å². The van der Waals surface area contributed by atoms with Crippen LogP contribution in [0.4, 0.5) is 16.2 Å². The van der Waals surface area contributed by atoms with Gasteiger partial charge in [0.2, 0.25) is 0 Å². The first kappa shape index (κ1) is 18.7. The molecule has 2 aliphatic heterocycles. The van der Waals surface area contributed by atoms with Crippen molar-refractivity contribution in [3.63, 3.8) is 0 Å². The Labute approximate surface area is 166 Å². The number of nitrogens with one attached hydrogen (secondary N) is 2. The zero-order valence-electron chi connectivity index (χ0n) is 16.5. The molecular formula is C22H29N5O. The molecule has 1 aromatic carbocycles. The van der Waals surface area contributed by atoms with Crippen molar-refractivity contribution in [2.24, 2.45) is 0 Å². The van der Waals surface area contributed by atoms with E-state index in [0.29, 0.717) is 12.1 Å². The maximum absolute atomic E-state index is 12.0. The van der Waals surface area contributed by atoms with E-state index in [2.05, 4.69) is 63.8 Å². The topological polar surface area (TPSA) is 60.5 Å². The fraction of sp³-hybridized carbons (Fsp3) is 0.455. The fourth-order valence-corrected chi connectivity index (χ4v) is 4.13. The molecule has 1 atom stereocenters. The third-order valence-corrected chi connectivity index (χ3v) is 5.79. The van der Waals surface area contributed by atoms with Gasteiger partial charge >= 0.3 is 6.03 Å². The van der Waals surface area contributed by atoms with E-state index in [1.807, 2.05) is 17.3 Å². The monoisotopic (exact) mass is 379 g/mol. The summed E-state index contributed by atoms with van der Waals surface area (Å²) in [6, 6.07) is 13.4. The molecule has 2 aliphatic rings. The van der Waals surface area contributed by atoms with E-state index in [4.69, 9.17) is 0 Å². The Hall–Kier alpha value is -2.60. The van der Waals surface area contributed by atoms with Crippen LogP contribution in [0, 0.1) is 0 Å². The lowest BCUT2D eigenvalue weighted by Crippen LogP contribution is -2.46. The van der Waals surface area contributed by atoms with Gasteiger partial charge in [0.1, 0.15) is 0 Å². The summed E-state index contributed by atoms with van der Waals surface area (Å²) in [5.74, 6) is 0. The Bertz CT molecular complexity index is 771. The smallest absolute Gasteiger partial charge is 0.321 e. The first-order chi connectivity index (χ1) is 13.7. The molecule has 6 nitrogen and oxygen atoms in total. The second-order valence-corrected chi connectivity index (χ2v) is 7.68. The Morgan fingerprint density at radius 2 is 1.75 bits per heavy atom. The first-order valence-corrected chi connectivity index (χ1v) is 10.3. The van der Waals surface area contributed by atoms with E-state index < -0.39 is 0 Å². The lowest BCUT2D eigenvalue weighted by atomic mass is 10.0. The molecule has 2 fully saturated rings. The average Bonchev–Trinajstić information content (AvgIpc) is 2.75. The van der Waals surface area contributed by atoms with Crippen molar-refractivity contribution in [1.82, 2.24) is 15.6 Å². The van der Waals surface area contributed by atoms with Crippen LogP contribution in [0.5, 0.6) is 0 Å². The summed E-state index contributed by atoms with van der Waals surface area (Å²) < 4.78 is 0. The third-order valence-electron chi connectivity index (χ3n) is 5.79. The van der Waals surface area contributed by atoms with Crippen LogP contribution < -0.4 is 20.4 Å². The van der Waals surface area contributed by atoms with Crippen molar-refractivity contribution >= 4 is 17.4 Å². The van der Waals surface area contributed by atoms with Crippen molar-refractivity contribution in [3.8, 4) is 0 Å². The van der Waals surface area contributed by atoms with Gasteiger partial charge in [-0.2, -0.15) is 0 Å². The molecule has 148 valence electrons. The van der Waals surface area contributed by atoms with Crippen LogP contribution in [-0.4, -0.2) is 43.2 Å². The van der Waals surface area contributed by atoms with E-state index in [0.717, 1.165) is 51.1 Å². The largest absolute Gasteiger partial charge is 0.371 e. The van der Waals surface area contributed by atoms with E-state index in [1.165, 1.54) is 11.3 Å². The number of hydrogen-bond donors (Lipinski definition) is 2. The number of carbonyl (C=O) groups excluding carboxylic acids is 1. The molecule has 0 radical (unpaired) electrons. The van der Waals surface area contributed by atoms with Crippen LogP contribution in [0.15, 0.2) is 48.8 Å². The highest BCUT2D eigenvalue weighted by atomic mass is 16.2. The van der Waals surface area contributed by atoms with Crippen LogP contribution in [0.3, 0.4) is 0 Å². The maximum atomic E-state index is 12.0. The molecule has 0 bridgehead atoms. The van der Waals surface area contributed by atoms with Crippen LogP contribution in [0.1, 0.15) is 37.8 Å². The van der Waals surface area contributed by atoms with Gasteiger partial charge < -0.3 is 15.5 Å². The van der Waals surface area contributed by atoms with E-state index in [1.54, 1.807) is 0 Å². The molecule has 3 heterocycles. The lowest BCUT2D eigenvalue weighted by molar-refractivity contribution is 0.243. The molecule has 6 heteroatoms. The van der Waals surface area contributed by atoms with E-state index in [-0.39, 0.29) is 6.03 Å². The number of nitrogens with zero attached hydrogens (tertiary/aromatic N) is 3. The fourth-order valence-electron chi connectivity index (χ4n) is 4.13. The molecule has 28 heavy (non-hydrogen) atoms. The molecule has 4 rings (SSSR count). The van der Waals surface area contributed by atoms with Crippen molar-refractivity contribution in [1.29, 1.82) is 0 Å². The Morgan fingerprint density at radius 1 is 1.04 bits per heavy atom. The number of anilines is 2. The Balaban J connectivity index is 1.30. The van der Waals surface area contributed by atoms with Crippen LogP contribution >= 0.6 is 0 Å². The third kappa shape index (κ3) is 4.28. The quantitative estimate of drug-likeness (QED) is 0.837. The van der Waals surface area contributed by atoms with Gasteiger partial charge in [-0.15, -0.1) is 0 Å². The average molecular weight is 380 g/mol. The standard InChI is InChI=1S/C22H29N5O/c1-17(18-3-5-21(6-4-18)27-14-2-11-24-22(27)28)25-19-9-15-26(16-10-19)20-7-12-23-13-8-20/h3-8,12-13,17,19,25H,2,9-11,14-16H2,1H3,(H,24,28). The summed E-state index contributed by atoms with van der Waals surface area (Å²) in [4.78, 5) is 20.4. The zero-order chi connectivity index (χ0) is 19.3. The van der Waals surface area contributed by atoms with Gasteiger partial charge in [-0.05, 0) is 56.0 Å². The van der Waals surface area contributed by atoms with Crippen LogP contribution in [0.2, 0.25) is 0 Å². The summed E-state index contributed by atoms with van der Waals surface area (Å²) in [6.45, 7) is 5.91. The summed E-state index contributed by atoms with van der Waals surface area (Å²) in [7, 11) is 0. The van der Waals surface area contributed by atoms with Gasteiger partial charge in [-0.25, -0.2) is 4.79 Å². The number of urea groups is 1. The molecule has 0 spiro atoms. The highest BCUT2D eigenvalue weighted by Gasteiger charge is 2.22. The van der Waals surface area contributed by atoms with Crippen LogP contribution in [-0.2, 0) is 0 Å². The minimum absolute atomic E-state index is 0.00568. The van der Waals surface area contributed by atoms with Gasteiger partial charge in [0, 0.05) is 62.0 Å². The van der Waals surface area contributed by atoms with Crippen LogP contribution in [0.25, 0.3) is 0 Å². The molecule has 0 saturated carbocycles. The number of carbonyl (C=O) groups is 1. The second kappa shape index (κ2) is 8.61. The molecular weight excluding hydrogens is 350 g/mol. The molecule has 1 aromatic heterocycles. The normalized spacial score (nSPS) is 19.4. The predicted octanol–water partition coefficient (Wildman–Crippen LogP) is 3.32. The Morgan fingerprint density at radius 3 is 2.43 bits per heavy atom. The molecule has 0 aliphatic carbocycles. The summed E-state index contributed by atoms with van der Waals surface area (Å²) in [5, 5.41) is 6.69. The van der Waals surface area contributed by atoms with Crippen molar-refractivity contribution in [2.75, 3.05) is 36.0 Å². The molecule has 2 saturated heterocycles. The number of pyridine rings is 1. The number of benzene rings is 1. The van der Waals surface area contributed by atoms with E-state index in [9.17, 15) is 4.79 Å². The molecule has 1 unspecified atom stereocenters. The molecule has 2 amide bonds. The molecule has 2 aromatic rings. The number of rotatable bonds is 5. The summed E-state index contributed by atoms with van der Waals surface area (Å²) in [6.07, 6.45) is 6.99.